The second-order valence-corrected chi connectivity index (χ2v) is 9.95. The Bertz CT molecular complexity index is 1030. The third-order valence-corrected chi connectivity index (χ3v) is 6.10. The van der Waals surface area contributed by atoms with Crippen LogP contribution in [0.25, 0.3) is 5.57 Å². The van der Waals surface area contributed by atoms with Crippen LogP contribution in [0.4, 0.5) is 4.39 Å². The van der Waals surface area contributed by atoms with E-state index in [9.17, 15) is 9.18 Å². The van der Waals surface area contributed by atoms with Gasteiger partial charge in [0.15, 0.2) is 0 Å². The van der Waals surface area contributed by atoms with Crippen molar-refractivity contribution < 1.29 is 23.4 Å². The molecule has 1 saturated heterocycles. The van der Waals surface area contributed by atoms with Gasteiger partial charge in [-0.1, -0.05) is 18.2 Å². The number of nitrogens with zero attached hydrogens (tertiary/aromatic N) is 1. The van der Waals surface area contributed by atoms with Crippen molar-refractivity contribution in [1.82, 2.24) is 4.90 Å². The fourth-order valence-corrected chi connectivity index (χ4v) is 4.21. The summed E-state index contributed by atoms with van der Waals surface area (Å²) in [5.41, 5.74) is 2.56. The van der Waals surface area contributed by atoms with Gasteiger partial charge in [0.2, 0.25) is 0 Å². The summed E-state index contributed by atoms with van der Waals surface area (Å²) in [6, 6.07) is 13.7. The zero-order valence-corrected chi connectivity index (χ0v) is 20.3. The summed E-state index contributed by atoms with van der Waals surface area (Å²) in [4.78, 5) is 14.5. The Balaban J connectivity index is 1.45. The molecule has 5 nitrogen and oxygen atoms in total. The van der Waals surface area contributed by atoms with Crippen LogP contribution in [-0.2, 0) is 4.79 Å². The van der Waals surface area contributed by atoms with Crippen LogP contribution in [0.1, 0.15) is 51.2 Å². The summed E-state index contributed by atoms with van der Waals surface area (Å²) in [7, 11) is 0. The number of benzene rings is 2. The maximum atomic E-state index is 12.4. The van der Waals surface area contributed by atoms with E-state index in [1.165, 1.54) is 0 Å². The lowest BCUT2D eigenvalue weighted by atomic mass is 9.96. The first-order valence-corrected chi connectivity index (χ1v) is 12.1. The van der Waals surface area contributed by atoms with Crippen LogP contribution in [0.5, 0.6) is 17.2 Å². The van der Waals surface area contributed by atoms with Gasteiger partial charge in [-0.15, -0.1) is 0 Å². The molecule has 0 amide bonds. The Morgan fingerprint density at radius 3 is 2.65 bits per heavy atom. The van der Waals surface area contributed by atoms with E-state index in [1.807, 2.05) is 45.0 Å². The number of halogens is 1. The van der Waals surface area contributed by atoms with Gasteiger partial charge in [0.1, 0.15) is 23.4 Å². The topological polar surface area (TPSA) is 48.0 Å². The molecule has 2 aromatic rings. The summed E-state index contributed by atoms with van der Waals surface area (Å²) in [6.07, 6.45) is 4.66. The minimum atomic E-state index is -0.576. The molecule has 1 unspecified atom stereocenters. The molecule has 2 aliphatic heterocycles. The molecule has 0 N–H and O–H groups in total. The Morgan fingerprint density at radius 1 is 1.15 bits per heavy atom. The van der Waals surface area contributed by atoms with E-state index in [1.54, 1.807) is 6.07 Å². The van der Waals surface area contributed by atoms with E-state index in [0.717, 1.165) is 54.9 Å². The van der Waals surface area contributed by atoms with Crippen LogP contribution in [0.15, 0.2) is 48.5 Å². The standard InChI is InChI=1S/C28H34FNO4/c1-28(2,3)27(31)34-22-11-12-25-24(6-4-17-32-26(25)18-22)20-7-9-21(10-8-20)33-23-13-16-30(19-23)15-5-14-29/h6-12,18,23H,4-5,13-17,19H2,1-3H3. The number of carbonyl (C=O) groups is 1. The molecule has 0 bridgehead atoms. The highest BCUT2D eigenvalue weighted by Crippen LogP contribution is 2.37. The van der Waals surface area contributed by atoms with Crippen LogP contribution >= 0.6 is 0 Å². The number of hydrogen-bond acceptors (Lipinski definition) is 5. The molecule has 2 heterocycles. The molecule has 6 heteroatoms. The number of likely N-dealkylation sites (tertiary alicyclic amines) is 1. The molecular formula is C28H34FNO4. The van der Waals surface area contributed by atoms with Crippen LogP contribution in [-0.4, -0.2) is 49.9 Å². The minimum absolute atomic E-state index is 0.144. The van der Waals surface area contributed by atoms with Gasteiger partial charge in [-0.3, -0.25) is 14.1 Å². The molecule has 0 spiro atoms. The number of hydrogen-bond donors (Lipinski definition) is 0. The van der Waals surface area contributed by atoms with E-state index >= 15 is 0 Å². The van der Waals surface area contributed by atoms with Crippen molar-refractivity contribution in [2.45, 2.75) is 46.1 Å². The SMILES string of the molecule is CC(C)(C)C(=O)Oc1ccc2c(c1)OCCC=C2c1ccc(OC2CCN(CCCF)C2)cc1. The summed E-state index contributed by atoms with van der Waals surface area (Å²) in [6.45, 7) is 8.39. The number of carbonyl (C=O) groups excluding carboxylic acids is 1. The molecule has 182 valence electrons. The van der Waals surface area contributed by atoms with Crippen molar-refractivity contribution >= 4 is 11.5 Å². The average molecular weight is 468 g/mol. The van der Waals surface area contributed by atoms with Gasteiger partial charge >= 0.3 is 5.97 Å². The predicted octanol–water partition coefficient (Wildman–Crippen LogP) is 5.67. The van der Waals surface area contributed by atoms with Crippen molar-refractivity contribution in [3.8, 4) is 17.2 Å². The van der Waals surface area contributed by atoms with E-state index in [2.05, 4.69) is 23.1 Å². The van der Waals surface area contributed by atoms with Crippen LogP contribution in [0, 0.1) is 5.41 Å². The van der Waals surface area contributed by atoms with Gasteiger partial charge in [0.25, 0.3) is 0 Å². The Morgan fingerprint density at radius 2 is 1.91 bits per heavy atom. The van der Waals surface area contributed by atoms with Crippen molar-refractivity contribution in [2.75, 3.05) is 32.9 Å². The maximum Gasteiger partial charge on any atom is 0.316 e. The van der Waals surface area contributed by atoms with Gasteiger partial charge in [0, 0.05) is 37.7 Å². The molecule has 0 saturated carbocycles. The lowest BCUT2D eigenvalue weighted by Crippen LogP contribution is -2.26. The predicted molar refractivity (Wildman–Crippen MR) is 131 cm³/mol. The number of ether oxygens (including phenoxy) is 3. The molecule has 2 aliphatic rings. The second kappa shape index (κ2) is 10.6. The highest BCUT2D eigenvalue weighted by atomic mass is 19.1. The largest absolute Gasteiger partial charge is 0.492 e. The maximum absolute atomic E-state index is 12.4. The van der Waals surface area contributed by atoms with Gasteiger partial charge < -0.3 is 14.2 Å². The lowest BCUT2D eigenvalue weighted by molar-refractivity contribution is -0.143. The molecule has 34 heavy (non-hydrogen) atoms. The third-order valence-electron chi connectivity index (χ3n) is 6.10. The molecule has 4 rings (SSSR count). The van der Waals surface area contributed by atoms with Gasteiger partial charge in [-0.25, -0.2) is 0 Å². The number of esters is 1. The van der Waals surface area contributed by atoms with E-state index in [4.69, 9.17) is 14.2 Å². The average Bonchev–Trinajstić information content (AvgIpc) is 3.14. The van der Waals surface area contributed by atoms with Gasteiger partial charge in [-0.05, 0) is 69.0 Å². The Kier molecular flexibility index (Phi) is 7.57. The Hall–Kier alpha value is -2.86. The van der Waals surface area contributed by atoms with E-state index in [0.29, 0.717) is 24.5 Å². The normalized spacial score (nSPS) is 18.5. The van der Waals surface area contributed by atoms with Gasteiger partial charge in [0.05, 0.1) is 18.7 Å². The first kappa shape index (κ1) is 24.3. The zero-order valence-electron chi connectivity index (χ0n) is 20.3. The Labute approximate surface area is 201 Å². The molecule has 1 fully saturated rings. The molecular weight excluding hydrogens is 433 g/mol. The number of fused-ring (bicyclic) bond motifs is 1. The second-order valence-electron chi connectivity index (χ2n) is 9.95. The van der Waals surface area contributed by atoms with Crippen molar-refractivity contribution in [1.29, 1.82) is 0 Å². The first-order chi connectivity index (χ1) is 16.3. The molecule has 0 aliphatic carbocycles. The van der Waals surface area contributed by atoms with E-state index < -0.39 is 5.41 Å². The highest BCUT2D eigenvalue weighted by Gasteiger charge is 2.25. The number of rotatable bonds is 7. The molecule has 2 aromatic carbocycles. The van der Waals surface area contributed by atoms with Crippen LogP contribution in [0.3, 0.4) is 0 Å². The smallest absolute Gasteiger partial charge is 0.316 e. The monoisotopic (exact) mass is 467 g/mol. The zero-order chi connectivity index (χ0) is 24.1. The first-order valence-electron chi connectivity index (χ1n) is 12.1. The summed E-state index contributed by atoms with van der Waals surface area (Å²) < 4.78 is 30.1. The van der Waals surface area contributed by atoms with Crippen molar-refractivity contribution in [3.63, 3.8) is 0 Å². The number of alkyl halides is 1. The third kappa shape index (κ3) is 5.98. The summed E-state index contributed by atoms with van der Waals surface area (Å²) >= 11 is 0. The fourth-order valence-electron chi connectivity index (χ4n) is 4.21. The lowest BCUT2D eigenvalue weighted by Gasteiger charge is -2.18. The highest BCUT2D eigenvalue weighted by molar-refractivity contribution is 5.84. The quantitative estimate of drug-likeness (QED) is 0.388. The molecule has 0 aromatic heterocycles. The van der Waals surface area contributed by atoms with Crippen molar-refractivity contribution in [2.24, 2.45) is 5.41 Å². The summed E-state index contributed by atoms with van der Waals surface area (Å²) in [5, 5.41) is 0. The summed E-state index contributed by atoms with van der Waals surface area (Å²) in [5.74, 6) is 1.76. The minimum Gasteiger partial charge on any atom is -0.492 e. The van der Waals surface area contributed by atoms with E-state index in [-0.39, 0.29) is 18.7 Å². The van der Waals surface area contributed by atoms with Gasteiger partial charge in [-0.2, -0.15) is 0 Å². The van der Waals surface area contributed by atoms with Crippen molar-refractivity contribution in [3.05, 3.63) is 59.7 Å². The van der Waals surface area contributed by atoms with Crippen LogP contribution in [0.2, 0.25) is 0 Å². The molecule has 0 radical (unpaired) electrons. The fraction of sp³-hybridized carbons (Fsp3) is 0.464. The van der Waals surface area contributed by atoms with Crippen LogP contribution < -0.4 is 14.2 Å². The molecule has 1 atom stereocenters.